The van der Waals surface area contributed by atoms with E-state index in [1.807, 2.05) is 18.5 Å². The Hall–Kier alpha value is -6.78. The Morgan fingerprint density at radius 1 is 0.509 bits per heavy atom. The summed E-state index contributed by atoms with van der Waals surface area (Å²) in [6.07, 6.45) is 10.4. The van der Waals surface area contributed by atoms with E-state index in [0.29, 0.717) is 5.82 Å². The summed E-state index contributed by atoms with van der Waals surface area (Å²) in [6, 6.07) is 51.4. The normalized spacial score (nSPS) is 16.5. The van der Waals surface area contributed by atoms with Crippen LogP contribution in [0.2, 0.25) is 0 Å². The van der Waals surface area contributed by atoms with Gasteiger partial charge in [0.25, 0.3) is 0 Å². The number of allylic oxidation sites excluding steroid dienone is 2. The molecule has 7 aromatic carbocycles. The van der Waals surface area contributed by atoms with E-state index >= 15 is 0 Å². The average Bonchev–Trinajstić information content (AvgIpc) is 3.60. The number of benzene rings is 7. The molecular weight excluding hydrogens is 693 g/mol. The van der Waals surface area contributed by atoms with Crippen molar-refractivity contribution in [1.82, 2.24) is 14.9 Å². The zero-order chi connectivity index (χ0) is 38.5. The molecule has 0 amide bonds. The molecule has 0 N–H and O–H groups in total. The fraction of sp³-hybridized carbons (Fsp3) is 0.132. The predicted octanol–water partition coefficient (Wildman–Crippen LogP) is 12.6. The van der Waals surface area contributed by atoms with Crippen molar-refractivity contribution in [3.8, 4) is 11.1 Å². The van der Waals surface area contributed by atoms with Crippen molar-refractivity contribution in [3.05, 3.63) is 210 Å². The molecule has 1 aliphatic carbocycles. The number of fused-ring (bicyclic) bond motifs is 6. The summed E-state index contributed by atoms with van der Waals surface area (Å²) in [4.78, 5) is 14.8. The maximum Gasteiger partial charge on any atom is 0.178 e. The Labute approximate surface area is 333 Å². The van der Waals surface area contributed by atoms with E-state index in [4.69, 9.17) is 9.97 Å². The van der Waals surface area contributed by atoms with Gasteiger partial charge >= 0.3 is 0 Å². The summed E-state index contributed by atoms with van der Waals surface area (Å²) in [5.41, 5.74) is 11.9. The van der Waals surface area contributed by atoms with Crippen molar-refractivity contribution in [1.29, 1.82) is 0 Å². The fourth-order valence-corrected chi connectivity index (χ4v) is 10.0. The molecule has 0 atom stereocenters. The smallest absolute Gasteiger partial charge is 0.178 e. The van der Waals surface area contributed by atoms with E-state index in [1.165, 1.54) is 71.3 Å². The van der Waals surface area contributed by atoms with E-state index in [2.05, 4.69) is 189 Å². The largest absolute Gasteiger partial charge is 0.321 e. The Morgan fingerprint density at radius 2 is 1.11 bits per heavy atom. The minimum Gasteiger partial charge on any atom is -0.321 e. The average molecular weight is 735 g/mol. The third-order valence-corrected chi connectivity index (χ3v) is 12.7. The number of rotatable bonds is 4. The van der Waals surface area contributed by atoms with Crippen LogP contribution in [-0.4, -0.2) is 21.4 Å². The van der Waals surface area contributed by atoms with Gasteiger partial charge in [-0.15, -0.1) is 0 Å². The summed E-state index contributed by atoms with van der Waals surface area (Å²) in [5.74, 6) is 1.78. The lowest BCUT2D eigenvalue weighted by molar-refractivity contribution is 0.522. The van der Waals surface area contributed by atoms with Gasteiger partial charge < -0.3 is 4.90 Å². The second kappa shape index (κ2) is 12.4. The molecule has 0 fully saturated rings. The summed E-state index contributed by atoms with van der Waals surface area (Å²) in [6.45, 7) is 10.3. The van der Waals surface area contributed by atoms with Crippen LogP contribution >= 0.6 is 0 Å². The molecule has 2 aliphatic heterocycles. The molecule has 0 saturated carbocycles. The Bertz CT molecular complexity index is 3040. The molecule has 1 aromatic heterocycles. The molecule has 0 saturated heterocycles. The van der Waals surface area contributed by atoms with E-state index in [0.717, 1.165) is 29.4 Å². The summed E-state index contributed by atoms with van der Waals surface area (Å²) in [7, 11) is 0. The minimum absolute atomic E-state index is 0.213. The van der Waals surface area contributed by atoms with Gasteiger partial charge in [-0.2, -0.15) is 0 Å². The van der Waals surface area contributed by atoms with Gasteiger partial charge in [-0.25, -0.2) is 9.97 Å². The standard InChI is InChI=1S/C53H42N4/c1-52(2)42-23-12-13-24-43(42)53(3,4)45-33-41-40(32-44(45)52)47(36-27-26-34-17-8-9-18-35(34)31-36)38-21-10-11-22-39(38)48(41)49-50(51-54-28-16-29-55-51)57(37-19-6-5-7-20-37)46-25-14-15-30-56(46)49/h5-29,31-33H,30H2,1-4H3. The van der Waals surface area contributed by atoms with Gasteiger partial charge in [-0.3, -0.25) is 4.90 Å². The highest BCUT2D eigenvalue weighted by Crippen LogP contribution is 2.55. The van der Waals surface area contributed by atoms with E-state index in [1.54, 1.807) is 0 Å². The Kier molecular flexibility index (Phi) is 7.28. The third-order valence-electron chi connectivity index (χ3n) is 12.7. The third kappa shape index (κ3) is 4.86. The van der Waals surface area contributed by atoms with Gasteiger partial charge in [0.05, 0.1) is 5.70 Å². The van der Waals surface area contributed by atoms with Crippen molar-refractivity contribution < 1.29 is 0 Å². The lowest BCUT2D eigenvalue weighted by Crippen LogP contribution is -2.36. The van der Waals surface area contributed by atoms with E-state index in [-0.39, 0.29) is 10.8 Å². The number of nitrogens with zero attached hydrogens (tertiary/aromatic N) is 4. The number of anilines is 1. The molecular formula is C53H42N4. The van der Waals surface area contributed by atoms with Crippen LogP contribution in [0.25, 0.3) is 54.8 Å². The predicted molar refractivity (Wildman–Crippen MR) is 237 cm³/mol. The molecule has 57 heavy (non-hydrogen) atoms. The maximum atomic E-state index is 4.98. The molecule has 0 bridgehead atoms. The van der Waals surface area contributed by atoms with Crippen molar-refractivity contribution >= 4 is 49.4 Å². The van der Waals surface area contributed by atoms with Crippen LogP contribution < -0.4 is 4.90 Å². The molecule has 8 aromatic rings. The van der Waals surface area contributed by atoms with Crippen LogP contribution in [0.15, 0.2) is 176 Å². The first-order valence-corrected chi connectivity index (χ1v) is 20.0. The maximum absolute atomic E-state index is 4.98. The quantitative estimate of drug-likeness (QED) is 0.169. The summed E-state index contributed by atoms with van der Waals surface area (Å²) < 4.78 is 0. The molecule has 0 radical (unpaired) electrons. The van der Waals surface area contributed by atoms with E-state index < -0.39 is 0 Å². The molecule has 0 spiro atoms. The summed E-state index contributed by atoms with van der Waals surface area (Å²) in [5, 5.41) is 7.38. The van der Waals surface area contributed by atoms with Crippen molar-refractivity contribution in [3.63, 3.8) is 0 Å². The molecule has 3 heterocycles. The van der Waals surface area contributed by atoms with Gasteiger partial charge in [0, 0.05) is 41.0 Å². The molecule has 11 rings (SSSR count). The number of hydrogen-bond donors (Lipinski definition) is 0. The molecule has 4 nitrogen and oxygen atoms in total. The van der Waals surface area contributed by atoms with Gasteiger partial charge in [0.1, 0.15) is 11.5 Å². The highest BCUT2D eigenvalue weighted by atomic mass is 15.4. The van der Waals surface area contributed by atoms with Crippen molar-refractivity contribution in [2.45, 2.75) is 38.5 Å². The highest BCUT2D eigenvalue weighted by molar-refractivity contribution is 6.22. The van der Waals surface area contributed by atoms with Crippen LogP contribution in [0.5, 0.6) is 0 Å². The van der Waals surface area contributed by atoms with Crippen molar-refractivity contribution in [2.75, 3.05) is 11.4 Å². The highest BCUT2D eigenvalue weighted by Gasteiger charge is 2.44. The van der Waals surface area contributed by atoms with Crippen LogP contribution in [0.4, 0.5) is 5.69 Å². The molecule has 274 valence electrons. The summed E-state index contributed by atoms with van der Waals surface area (Å²) >= 11 is 0. The topological polar surface area (TPSA) is 32.3 Å². The first kappa shape index (κ1) is 33.5. The van der Waals surface area contributed by atoms with Crippen LogP contribution in [0, 0.1) is 0 Å². The van der Waals surface area contributed by atoms with Gasteiger partial charge in [0.15, 0.2) is 5.82 Å². The second-order valence-electron chi connectivity index (χ2n) is 16.6. The first-order valence-electron chi connectivity index (χ1n) is 20.0. The van der Waals surface area contributed by atoms with Crippen LogP contribution in [0.1, 0.15) is 61.3 Å². The zero-order valence-electron chi connectivity index (χ0n) is 32.7. The number of para-hydroxylation sites is 1. The van der Waals surface area contributed by atoms with Gasteiger partial charge in [-0.1, -0.05) is 143 Å². The monoisotopic (exact) mass is 734 g/mol. The SMILES string of the molecule is CC1(C)c2ccccc2C(C)(C)c2cc3c(-c4ccc5ccccc5c4)c4ccccc4c(C4=C(c5ncccn5)N(c5ccccc5)C5=CC=CCN54)c3cc21. The molecule has 0 unspecified atom stereocenters. The Morgan fingerprint density at radius 3 is 1.81 bits per heavy atom. The van der Waals surface area contributed by atoms with Crippen LogP contribution in [-0.2, 0) is 10.8 Å². The van der Waals surface area contributed by atoms with Crippen molar-refractivity contribution in [2.24, 2.45) is 0 Å². The molecule has 3 aliphatic rings. The van der Waals surface area contributed by atoms with E-state index in [9.17, 15) is 0 Å². The lowest BCUT2D eigenvalue weighted by atomic mass is 9.59. The van der Waals surface area contributed by atoms with Crippen LogP contribution in [0.3, 0.4) is 0 Å². The zero-order valence-corrected chi connectivity index (χ0v) is 32.7. The van der Waals surface area contributed by atoms with Gasteiger partial charge in [0.2, 0.25) is 0 Å². The minimum atomic E-state index is -0.230. The number of hydrogen-bond acceptors (Lipinski definition) is 4. The number of aromatic nitrogens is 2. The Balaban J connectivity index is 1.34. The molecule has 4 heteroatoms. The fourth-order valence-electron chi connectivity index (χ4n) is 10.0. The first-order chi connectivity index (χ1) is 27.8. The lowest BCUT2D eigenvalue weighted by Gasteiger charge is -2.44. The van der Waals surface area contributed by atoms with Gasteiger partial charge in [-0.05, 0) is 108 Å². The second-order valence-corrected chi connectivity index (χ2v) is 16.6.